The molecule has 3 heterocycles. The van der Waals surface area contributed by atoms with Crippen LogP contribution >= 0.6 is 34.5 Å². The highest BCUT2D eigenvalue weighted by molar-refractivity contribution is 7.14. The number of nitrogens with one attached hydrogen (secondary N) is 1. The Morgan fingerprint density at radius 1 is 1.18 bits per heavy atom. The molecular formula is C30H32Cl2N4O3S. The second-order valence-corrected chi connectivity index (χ2v) is 12.8. The highest BCUT2D eigenvalue weighted by Crippen LogP contribution is 2.35. The molecule has 1 N–H and O–H groups in total. The number of rotatable bonds is 7. The second-order valence-electron chi connectivity index (χ2n) is 11.1. The standard InChI is InChI=1S/C30H32Cl2N4O3S/c1-17-12-18(6-9-23(17)32)24-16-40-29(34-24)35-26(30(2,3)4)28(37)36-11-10-20(15-36)39-27-22-13-19(31)7-8-21(22)25(38-5)14-33-27/h6-9,12-14,16,20,26H,10-11,15H2,1-5H3,(H,34,35)/t20-,26-/m1/s1. The lowest BCUT2D eigenvalue weighted by molar-refractivity contribution is -0.133. The summed E-state index contributed by atoms with van der Waals surface area (Å²) in [4.78, 5) is 24.9. The van der Waals surface area contributed by atoms with Crippen LogP contribution in [0, 0.1) is 12.3 Å². The Morgan fingerprint density at radius 2 is 1.98 bits per heavy atom. The van der Waals surface area contributed by atoms with E-state index in [9.17, 15) is 4.79 Å². The number of fused-ring (bicyclic) bond motifs is 1. The van der Waals surface area contributed by atoms with Gasteiger partial charge in [0.1, 0.15) is 17.9 Å². The van der Waals surface area contributed by atoms with E-state index in [1.807, 2.05) is 53.6 Å². The summed E-state index contributed by atoms with van der Waals surface area (Å²) < 4.78 is 11.8. The van der Waals surface area contributed by atoms with Gasteiger partial charge in [-0.25, -0.2) is 9.97 Å². The van der Waals surface area contributed by atoms with Crippen LogP contribution in [-0.4, -0.2) is 53.1 Å². The van der Waals surface area contributed by atoms with Crippen molar-refractivity contribution < 1.29 is 14.3 Å². The van der Waals surface area contributed by atoms with Gasteiger partial charge in [0.25, 0.3) is 0 Å². The molecule has 0 radical (unpaired) electrons. The molecule has 10 heteroatoms. The first-order valence-corrected chi connectivity index (χ1v) is 14.7. The number of hydrogen-bond donors (Lipinski definition) is 1. The van der Waals surface area contributed by atoms with Crippen LogP contribution in [0.15, 0.2) is 48.0 Å². The number of carbonyl (C=O) groups excluding carboxylic acids is 1. The van der Waals surface area contributed by atoms with E-state index in [-0.39, 0.29) is 17.4 Å². The number of thiazole rings is 1. The van der Waals surface area contributed by atoms with Gasteiger partial charge in [-0.05, 0) is 48.2 Å². The largest absolute Gasteiger partial charge is 0.494 e. The third-order valence-corrected chi connectivity index (χ3v) is 8.50. The molecule has 0 unspecified atom stereocenters. The second kappa shape index (κ2) is 11.4. The summed E-state index contributed by atoms with van der Waals surface area (Å²) in [6.45, 7) is 9.21. The van der Waals surface area contributed by atoms with E-state index < -0.39 is 6.04 Å². The quantitative estimate of drug-likeness (QED) is 0.237. The Morgan fingerprint density at radius 3 is 2.70 bits per heavy atom. The number of aromatic nitrogens is 2. The summed E-state index contributed by atoms with van der Waals surface area (Å²) in [5, 5.41) is 9.09. The Labute approximate surface area is 248 Å². The summed E-state index contributed by atoms with van der Waals surface area (Å²) >= 11 is 13.9. The zero-order valence-corrected chi connectivity index (χ0v) is 25.5. The smallest absolute Gasteiger partial charge is 0.245 e. The predicted octanol–water partition coefficient (Wildman–Crippen LogP) is 7.49. The molecule has 0 aliphatic carbocycles. The van der Waals surface area contributed by atoms with Crippen LogP contribution in [0.3, 0.4) is 0 Å². The molecule has 5 rings (SSSR count). The number of likely N-dealkylation sites (tertiary alicyclic amines) is 1. The van der Waals surface area contributed by atoms with Crippen molar-refractivity contribution in [2.75, 3.05) is 25.5 Å². The van der Waals surface area contributed by atoms with Crippen LogP contribution in [-0.2, 0) is 4.79 Å². The number of nitrogens with zero attached hydrogens (tertiary/aromatic N) is 3. The molecule has 1 aliphatic heterocycles. The Bertz CT molecular complexity index is 1550. The van der Waals surface area contributed by atoms with Gasteiger partial charge < -0.3 is 19.7 Å². The Balaban J connectivity index is 1.30. The number of carbonyl (C=O) groups is 1. The van der Waals surface area contributed by atoms with Crippen molar-refractivity contribution in [1.29, 1.82) is 0 Å². The number of hydrogen-bond acceptors (Lipinski definition) is 7. The van der Waals surface area contributed by atoms with Crippen molar-refractivity contribution in [3.05, 3.63) is 63.6 Å². The van der Waals surface area contributed by atoms with E-state index in [1.165, 1.54) is 11.3 Å². The van der Waals surface area contributed by atoms with Crippen LogP contribution in [0.4, 0.5) is 5.13 Å². The first-order valence-electron chi connectivity index (χ1n) is 13.1. The zero-order chi connectivity index (χ0) is 28.6. The Kier molecular flexibility index (Phi) is 8.13. The number of pyridine rings is 1. The van der Waals surface area contributed by atoms with Crippen molar-refractivity contribution in [2.24, 2.45) is 5.41 Å². The van der Waals surface area contributed by atoms with Crippen molar-refractivity contribution in [3.63, 3.8) is 0 Å². The minimum atomic E-state index is -0.462. The van der Waals surface area contributed by atoms with Crippen molar-refractivity contribution in [3.8, 4) is 22.9 Å². The normalized spacial score (nSPS) is 16.3. The van der Waals surface area contributed by atoms with E-state index in [4.69, 9.17) is 37.7 Å². The summed E-state index contributed by atoms with van der Waals surface area (Å²) in [6.07, 6.45) is 2.17. The molecule has 1 fully saturated rings. The lowest BCUT2D eigenvalue weighted by Crippen LogP contribution is -2.49. The molecule has 1 amide bonds. The molecule has 210 valence electrons. The Hall–Kier alpha value is -3.07. The molecule has 4 aromatic rings. The van der Waals surface area contributed by atoms with Crippen LogP contribution < -0.4 is 14.8 Å². The highest BCUT2D eigenvalue weighted by atomic mass is 35.5. The van der Waals surface area contributed by atoms with E-state index >= 15 is 0 Å². The fraction of sp³-hybridized carbons (Fsp3) is 0.367. The number of amides is 1. The van der Waals surface area contributed by atoms with Crippen LogP contribution in [0.5, 0.6) is 11.6 Å². The first-order chi connectivity index (χ1) is 19.0. The monoisotopic (exact) mass is 598 g/mol. The van der Waals surface area contributed by atoms with Gasteiger partial charge in [-0.1, -0.05) is 50.0 Å². The van der Waals surface area contributed by atoms with Crippen LogP contribution in [0.1, 0.15) is 32.8 Å². The number of methoxy groups -OCH3 is 1. The molecule has 40 heavy (non-hydrogen) atoms. The summed E-state index contributed by atoms with van der Waals surface area (Å²) in [6, 6.07) is 10.9. The van der Waals surface area contributed by atoms with Gasteiger partial charge in [0.05, 0.1) is 25.5 Å². The summed E-state index contributed by atoms with van der Waals surface area (Å²) in [5.74, 6) is 1.15. The van der Waals surface area contributed by atoms with Gasteiger partial charge in [0.2, 0.25) is 11.8 Å². The minimum absolute atomic E-state index is 0.0216. The van der Waals surface area contributed by atoms with Crippen LogP contribution in [0.25, 0.3) is 22.0 Å². The van der Waals surface area contributed by atoms with Gasteiger partial charge in [-0.3, -0.25) is 4.79 Å². The number of halogens is 2. The lowest BCUT2D eigenvalue weighted by atomic mass is 9.86. The van der Waals surface area contributed by atoms with Gasteiger partial charge >= 0.3 is 0 Å². The number of anilines is 1. The molecule has 1 aliphatic rings. The molecule has 2 atom stereocenters. The predicted molar refractivity (Wildman–Crippen MR) is 163 cm³/mol. The molecule has 2 aromatic heterocycles. The molecule has 1 saturated heterocycles. The third kappa shape index (κ3) is 5.99. The fourth-order valence-electron chi connectivity index (χ4n) is 4.83. The van der Waals surface area contributed by atoms with Crippen LogP contribution in [0.2, 0.25) is 10.0 Å². The zero-order valence-electron chi connectivity index (χ0n) is 23.1. The van der Waals surface area contributed by atoms with Crippen molar-refractivity contribution >= 4 is 56.3 Å². The number of ether oxygens (including phenoxy) is 2. The lowest BCUT2D eigenvalue weighted by Gasteiger charge is -2.33. The molecule has 0 bridgehead atoms. The maximum Gasteiger partial charge on any atom is 0.245 e. The molecule has 2 aromatic carbocycles. The van der Waals surface area contributed by atoms with Gasteiger partial charge in [0.15, 0.2) is 5.13 Å². The van der Waals surface area contributed by atoms with E-state index in [1.54, 1.807) is 13.3 Å². The molecule has 7 nitrogen and oxygen atoms in total. The van der Waals surface area contributed by atoms with E-state index in [0.29, 0.717) is 41.3 Å². The first kappa shape index (κ1) is 28.5. The van der Waals surface area contributed by atoms with Gasteiger partial charge in [-0.2, -0.15) is 0 Å². The molecule has 0 spiro atoms. The minimum Gasteiger partial charge on any atom is -0.494 e. The van der Waals surface area contributed by atoms with Crippen molar-refractivity contribution in [1.82, 2.24) is 14.9 Å². The highest BCUT2D eigenvalue weighted by Gasteiger charge is 2.38. The topological polar surface area (TPSA) is 76.6 Å². The van der Waals surface area contributed by atoms with Gasteiger partial charge in [-0.15, -0.1) is 11.3 Å². The maximum atomic E-state index is 13.8. The third-order valence-electron chi connectivity index (χ3n) is 7.07. The fourth-order valence-corrected chi connectivity index (χ4v) is 5.87. The van der Waals surface area contributed by atoms with Gasteiger partial charge in [0, 0.05) is 44.7 Å². The number of aryl methyl sites for hydroxylation is 1. The molecule has 0 saturated carbocycles. The summed E-state index contributed by atoms with van der Waals surface area (Å²) in [5.41, 5.74) is 2.49. The average molecular weight is 600 g/mol. The SMILES string of the molecule is COc1cnc(O[C@@H]2CCN(C(=O)[C@@H](Nc3nc(-c4ccc(Cl)c(C)c4)cs3)C(C)(C)C)C2)c2cc(Cl)ccc12. The van der Waals surface area contributed by atoms with E-state index in [0.717, 1.165) is 32.6 Å². The average Bonchev–Trinajstić information content (AvgIpc) is 3.58. The number of benzene rings is 2. The van der Waals surface area contributed by atoms with E-state index in [2.05, 4.69) is 31.1 Å². The summed E-state index contributed by atoms with van der Waals surface area (Å²) in [7, 11) is 1.61. The molecular weight excluding hydrogens is 567 g/mol. The maximum absolute atomic E-state index is 13.8. The van der Waals surface area contributed by atoms with Crippen molar-refractivity contribution in [2.45, 2.75) is 46.3 Å².